The highest BCUT2D eigenvalue weighted by Gasteiger charge is 2.27. The van der Waals surface area contributed by atoms with Gasteiger partial charge in [-0.25, -0.2) is 0 Å². The first-order valence-corrected chi connectivity index (χ1v) is 10.5. The van der Waals surface area contributed by atoms with Crippen LogP contribution < -0.4 is 5.32 Å². The molecule has 0 radical (unpaired) electrons. The van der Waals surface area contributed by atoms with Gasteiger partial charge in [0.1, 0.15) is 0 Å². The van der Waals surface area contributed by atoms with Crippen LogP contribution in [-0.2, 0) is 0 Å². The Kier molecular flexibility index (Phi) is 9.04. The van der Waals surface area contributed by atoms with E-state index in [-0.39, 0.29) is 6.61 Å². The second kappa shape index (κ2) is 11.0. The maximum absolute atomic E-state index is 9.32. The molecule has 2 aliphatic rings. The highest BCUT2D eigenvalue weighted by atomic mass is 16.3. The average Bonchev–Trinajstić information content (AvgIpc) is 3.23. The van der Waals surface area contributed by atoms with Gasteiger partial charge in [-0.2, -0.15) is 0 Å². The number of nitrogens with zero attached hydrogens (tertiary/aromatic N) is 3. The van der Waals surface area contributed by atoms with E-state index < -0.39 is 0 Å². The molecule has 2 unspecified atom stereocenters. The standard InChI is InChI=1S/C20H40N4O/c1-4-21-20(22-14-18(8-12-25)13-17(2)3)24-11-7-19(16-24)15-23-9-5-6-10-23/h17-19,25H,4-16H2,1-3H3,(H,21,22). The second-order valence-electron chi connectivity index (χ2n) is 8.31. The molecule has 2 heterocycles. The number of likely N-dealkylation sites (tertiary alicyclic amines) is 2. The van der Waals surface area contributed by atoms with Gasteiger partial charge in [0.05, 0.1) is 0 Å². The van der Waals surface area contributed by atoms with Crippen LogP contribution in [-0.4, -0.2) is 73.3 Å². The summed E-state index contributed by atoms with van der Waals surface area (Å²) in [5, 5.41) is 12.8. The Labute approximate surface area is 154 Å². The van der Waals surface area contributed by atoms with Crippen molar-refractivity contribution >= 4 is 5.96 Å². The van der Waals surface area contributed by atoms with Crippen molar-refractivity contribution in [2.24, 2.45) is 22.7 Å². The Morgan fingerprint density at radius 1 is 1.24 bits per heavy atom. The normalized spacial score (nSPS) is 23.6. The Balaban J connectivity index is 1.87. The summed E-state index contributed by atoms with van der Waals surface area (Å²) in [5.74, 6) is 3.01. The van der Waals surface area contributed by atoms with Gasteiger partial charge >= 0.3 is 0 Å². The van der Waals surface area contributed by atoms with Gasteiger partial charge in [-0.3, -0.25) is 4.99 Å². The molecule has 2 fully saturated rings. The second-order valence-corrected chi connectivity index (χ2v) is 8.31. The van der Waals surface area contributed by atoms with Crippen molar-refractivity contribution in [3.8, 4) is 0 Å². The van der Waals surface area contributed by atoms with Crippen molar-refractivity contribution in [3.05, 3.63) is 0 Å². The molecular weight excluding hydrogens is 312 g/mol. The Hall–Kier alpha value is -0.810. The zero-order valence-corrected chi connectivity index (χ0v) is 16.7. The number of hydrogen-bond donors (Lipinski definition) is 2. The summed E-state index contributed by atoms with van der Waals surface area (Å²) in [5.41, 5.74) is 0. The van der Waals surface area contributed by atoms with E-state index in [1.165, 1.54) is 38.9 Å². The molecule has 0 aromatic rings. The minimum Gasteiger partial charge on any atom is -0.396 e. The van der Waals surface area contributed by atoms with Gasteiger partial charge in [0, 0.05) is 39.3 Å². The van der Waals surface area contributed by atoms with Gasteiger partial charge in [-0.1, -0.05) is 13.8 Å². The van der Waals surface area contributed by atoms with Crippen molar-refractivity contribution in [2.45, 2.75) is 52.9 Å². The van der Waals surface area contributed by atoms with Crippen LogP contribution in [0.2, 0.25) is 0 Å². The van der Waals surface area contributed by atoms with Crippen LogP contribution in [0.3, 0.4) is 0 Å². The average molecular weight is 353 g/mol. The quantitative estimate of drug-likeness (QED) is 0.494. The van der Waals surface area contributed by atoms with E-state index in [9.17, 15) is 5.11 Å². The maximum atomic E-state index is 9.32. The zero-order chi connectivity index (χ0) is 18.1. The van der Waals surface area contributed by atoms with Crippen molar-refractivity contribution in [1.29, 1.82) is 0 Å². The smallest absolute Gasteiger partial charge is 0.193 e. The summed E-state index contributed by atoms with van der Waals surface area (Å²) in [6.07, 6.45) is 6.04. The molecule has 2 N–H and O–H groups in total. The lowest BCUT2D eigenvalue weighted by molar-refractivity contribution is 0.245. The number of hydrogen-bond acceptors (Lipinski definition) is 3. The van der Waals surface area contributed by atoms with Crippen LogP contribution in [0.15, 0.2) is 4.99 Å². The fraction of sp³-hybridized carbons (Fsp3) is 0.950. The Bertz CT molecular complexity index is 393. The molecule has 5 heteroatoms. The SMILES string of the molecule is CCNC(=NCC(CCO)CC(C)C)N1CCC(CN2CCCC2)C1. The van der Waals surface area contributed by atoms with Crippen molar-refractivity contribution in [1.82, 2.24) is 15.1 Å². The largest absolute Gasteiger partial charge is 0.396 e. The van der Waals surface area contributed by atoms with E-state index >= 15 is 0 Å². The van der Waals surface area contributed by atoms with E-state index in [0.29, 0.717) is 11.8 Å². The number of aliphatic hydroxyl groups excluding tert-OH is 1. The van der Waals surface area contributed by atoms with Crippen molar-refractivity contribution in [2.75, 3.05) is 52.4 Å². The fourth-order valence-corrected chi connectivity index (χ4v) is 4.28. The molecule has 146 valence electrons. The van der Waals surface area contributed by atoms with Gasteiger partial charge < -0.3 is 20.2 Å². The molecule has 5 nitrogen and oxygen atoms in total. The third kappa shape index (κ3) is 7.14. The molecule has 25 heavy (non-hydrogen) atoms. The number of aliphatic hydroxyl groups is 1. The summed E-state index contributed by atoms with van der Waals surface area (Å²) in [6, 6.07) is 0. The fourth-order valence-electron chi connectivity index (χ4n) is 4.28. The van der Waals surface area contributed by atoms with Crippen LogP contribution in [0.1, 0.15) is 52.9 Å². The molecule has 0 spiro atoms. The summed E-state index contributed by atoms with van der Waals surface area (Å²) < 4.78 is 0. The molecule has 2 aliphatic heterocycles. The van der Waals surface area contributed by atoms with Crippen LogP contribution in [0, 0.1) is 17.8 Å². The first-order valence-electron chi connectivity index (χ1n) is 10.5. The van der Waals surface area contributed by atoms with Gasteiger partial charge in [-0.15, -0.1) is 0 Å². The molecule has 0 bridgehead atoms. The van der Waals surface area contributed by atoms with E-state index in [0.717, 1.165) is 50.9 Å². The van der Waals surface area contributed by atoms with Crippen molar-refractivity contribution < 1.29 is 5.11 Å². The molecule has 2 saturated heterocycles. The summed E-state index contributed by atoms with van der Waals surface area (Å²) >= 11 is 0. The Morgan fingerprint density at radius 3 is 2.64 bits per heavy atom. The maximum Gasteiger partial charge on any atom is 0.193 e. The molecule has 0 aromatic carbocycles. The predicted molar refractivity (Wildman–Crippen MR) is 106 cm³/mol. The summed E-state index contributed by atoms with van der Waals surface area (Å²) in [6.45, 7) is 14.8. The van der Waals surface area contributed by atoms with E-state index in [4.69, 9.17) is 4.99 Å². The van der Waals surface area contributed by atoms with Crippen molar-refractivity contribution in [3.63, 3.8) is 0 Å². The highest BCUT2D eigenvalue weighted by Crippen LogP contribution is 2.21. The molecule has 0 aromatic heterocycles. The van der Waals surface area contributed by atoms with E-state index in [2.05, 4.69) is 35.9 Å². The topological polar surface area (TPSA) is 51.1 Å². The summed E-state index contributed by atoms with van der Waals surface area (Å²) in [4.78, 5) is 10.0. The molecular formula is C20H40N4O. The number of nitrogens with one attached hydrogen (secondary N) is 1. The monoisotopic (exact) mass is 352 g/mol. The zero-order valence-electron chi connectivity index (χ0n) is 16.7. The lowest BCUT2D eigenvalue weighted by atomic mass is 9.94. The van der Waals surface area contributed by atoms with Crippen LogP contribution in [0.5, 0.6) is 0 Å². The Morgan fingerprint density at radius 2 is 2.00 bits per heavy atom. The lowest BCUT2D eigenvalue weighted by Gasteiger charge is -2.24. The number of aliphatic imine (C=N–C) groups is 1. The predicted octanol–water partition coefficient (Wildman–Crippen LogP) is 2.41. The number of rotatable bonds is 9. The molecule has 0 aliphatic carbocycles. The molecule has 0 amide bonds. The minimum atomic E-state index is 0.269. The van der Waals surface area contributed by atoms with Crippen LogP contribution in [0.25, 0.3) is 0 Å². The van der Waals surface area contributed by atoms with E-state index in [1.807, 2.05) is 0 Å². The first kappa shape index (κ1) is 20.5. The summed E-state index contributed by atoms with van der Waals surface area (Å²) in [7, 11) is 0. The van der Waals surface area contributed by atoms with Gasteiger partial charge in [0.15, 0.2) is 5.96 Å². The van der Waals surface area contributed by atoms with Gasteiger partial charge in [0.2, 0.25) is 0 Å². The first-order chi connectivity index (χ1) is 12.1. The molecule has 2 atom stereocenters. The van der Waals surface area contributed by atoms with Crippen LogP contribution >= 0.6 is 0 Å². The van der Waals surface area contributed by atoms with E-state index in [1.54, 1.807) is 0 Å². The third-order valence-corrected chi connectivity index (χ3v) is 5.48. The molecule has 2 rings (SSSR count). The lowest BCUT2D eigenvalue weighted by Crippen LogP contribution is -2.41. The molecule has 0 saturated carbocycles. The van der Waals surface area contributed by atoms with Gasteiger partial charge in [-0.05, 0) is 69.9 Å². The van der Waals surface area contributed by atoms with Gasteiger partial charge in [0.25, 0.3) is 0 Å². The van der Waals surface area contributed by atoms with Crippen LogP contribution in [0.4, 0.5) is 0 Å². The minimum absolute atomic E-state index is 0.269. The highest BCUT2D eigenvalue weighted by molar-refractivity contribution is 5.80. The third-order valence-electron chi connectivity index (χ3n) is 5.48. The number of guanidine groups is 1.